The van der Waals surface area contributed by atoms with Gasteiger partial charge in [-0.2, -0.15) is 0 Å². The van der Waals surface area contributed by atoms with Gasteiger partial charge in [0.1, 0.15) is 5.52 Å². The first kappa shape index (κ1) is 9.74. The van der Waals surface area contributed by atoms with E-state index in [1.807, 2.05) is 35.7 Å². The molecule has 5 heteroatoms. The zero-order chi connectivity index (χ0) is 11.0. The van der Waals surface area contributed by atoms with Gasteiger partial charge in [-0.15, -0.1) is 11.3 Å². The Morgan fingerprint density at radius 2 is 2.19 bits per heavy atom. The first-order valence-electron chi connectivity index (χ1n) is 4.69. The van der Waals surface area contributed by atoms with Gasteiger partial charge in [-0.3, -0.25) is 0 Å². The summed E-state index contributed by atoms with van der Waals surface area (Å²) in [6.45, 7) is 0. The molecule has 0 radical (unpaired) electrons. The fraction of sp³-hybridized carbons (Fsp3) is 0. The van der Waals surface area contributed by atoms with E-state index < -0.39 is 0 Å². The molecule has 0 aliphatic rings. The average molecular weight is 248 g/mol. The van der Waals surface area contributed by atoms with E-state index in [1.54, 1.807) is 11.3 Å². The Bertz CT molecular complexity index is 616. The van der Waals surface area contributed by atoms with Crippen molar-refractivity contribution in [2.24, 2.45) is 0 Å². The topological polar surface area (TPSA) is 52.0 Å². The van der Waals surface area contributed by atoms with Crippen LogP contribution in [0.25, 0.3) is 11.1 Å². The number of nitrogen functional groups attached to an aromatic ring is 1. The van der Waals surface area contributed by atoms with Gasteiger partial charge in [-0.05, 0) is 35.3 Å². The quantitative estimate of drug-likeness (QED) is 0.704. The number of fused-ring (bicyclic) bond motifs is 1. The zero-order valence-corrected chi connectivity index (χ0v) is 9.85. The van der Waals surface area contributed by atoms with E-state index in [2.05, 4.69) is 4.98 Å². The van der Waals surface area contributed by atoms with Crippen LogP contribution in [0.1, 0.15) is 0 Å². The number of hydrogen-bond donors (Lipinski definition) is 1. The Morgan fingerprint density at radius 1 is 1.25 bits per heavy atom. The van der Waals surface area contributed by atoms with Crippen LogP contribution in [0, 0.1) is 0 Å². The molecule has 0 fully saturated rings. The van der Waals surface area contributed by atoms with Gasteiger partial charge in [0.05, 0.1) is 9.90 Å². The first-order chi connectivity index (χ1) is 7.83. The minimum absolute atomic E-state index is 0.635. The highest BCUT2D eigenvalue weighted by atomic mass is 32.2. The predicted octanol–water partition coefficient (Wildman–Crippen LogP) is 3.62. The third-order valence-corrected chi connectivity index (χ3v) is 4.00. The standard InChI is InChI=1S/C11H8N2OS2/c12-7-3-1-4-8-10(7)13-11(14-8)16-9-5-2-6-15-9/h1-6H,12H2. The van der Waals surface area contributed by atoms with E-state index in [0.717, 1.165) is 15.3 Å². The predicted molar refractivity (Wildman–Crippen MR) is 66.9 cm³/mol. The van der Waals surface area contributed by atoms with Crippen molar-refractivity contribution in [2.75, 3.05) is 5.73 Å². The Kier molecular flexibility index (Phi) is 2.34. The van der Waals surface area contributed by atoms with Crippen LogP contribution in [-0.2, 0) is 0 Å². The second-order valence-corrected chi connectivity index (χ2v) is 5.41. The van der Waals surface area contributed by atoms with Crippen LogP contribution in [0.3, 0.4) is 0 Å². The fourth-order valence-electron chi connectivity index (χ4n) is 1.40. The van der Waals surface area contributed by atoms with Gasteiger partial charge in [0.15, 0.2) is 5.58 Å². The van der Waals surface area contributed by atoms with E-state index in [-0.39, 0.29) is 0 Å². The molecule has 2 heterocycles. The summed E-state index contributed by atoms with van der Waals surface area (Å²) in [5, 5.41) is 2.66. The second kappa shape index (κ2) is 3.84. The summed E-state index contributed by atoms with van der Waals surface area (Å²) < 4.78 is 6.76. The van der Waals surface area contributed by atoms with Crippen molar-refractivity contribution in [1.29, 1.82) is 0 Å². The number of oxazole rings is 1. The van der Waals surface area contributed by atoms with Gasteiger partial charge in [-0.1, -0.05) is 12.1 Å². The smallest absolute Gasteiger partial charge is 0.262 e. The lowest BCUT2D eigenvalue weighted by Gasteiger charge is -1.89. The van der Waals surface area contributed by atoms with Gasteiger partial charge >= 0.3 is 0 Å². The molecule has 16 heavy (non-hydrogen) atoms. The monoisotopic (exact) mass is 248 g/mol. The summed E-state index contributed by atoms with van der Waals surface area (Å²) in [5.74, 6) is 0. The Balaban J connectivity index is 2.02. The fourth-order valence-corrected chi connectivity index (χ4v) is 3.01. The molecule has 0 bridgehead atoms. The van der Waals surface area contributed by atoms with Crippen LogP contribution in [0.2, 0.25) is 0 Å². The second-order valence-electron chi connectivity index (χ2n) is 3.21. The summed E-state index contributed by atoms with van der Waals surface area (Å²) in [6, 6.07) is 9.60. The molecule has 0 aliphatic heterocycles. The molecule has 2 aromatic heterocycles. The summed E-state index contributed by atoms with van der Waals surface area (Å²) >= 11 is 3.18. The summed E-state index contributed by atoms with van der Waals surface area (Å²) in [6.07, 6.45) is 0. The van der Waals surface area contributed by atoms with Crippen LogP contribution in [0.15, 0.2) is 49.6 Å². The molecule has 3 rings (SSSR count). The number of thiophene rings is 1. The SMILES string of the molecule is Nc1cccc2oc(Sc3cccs3)nc12. The van der Waals surface area contributed by atoms with E-state index in [4.69, 9.17) is 10.2 Å². The van der Waals surface area contributed by atoms with Gasteiger partial charge in [0.2, 0.25) is 0 Å². The number of nitrogens with zero attached hydrogens (tertiary/aromatic N) is 1. The number of nitrogens with two attached hydrogens (primary N) is 1. The molecule has 0 saturated heterocycles. The third kappa shape index (κ3) is 1.68. The number of aromatic nitrogens is 1. The molecule has 0 unspecified atom stereocenters. The van der Waals surface area contributed by atoms with Gasteiger partial charge in [0.25, 0.3) is 5.22 Å². The van der Waals surface area contributed by atoms with E-state index in [0.29, 0.717) is 10.9 Å². The van der Waals surface area contributed by atoms with E-state index in [9.17, 15) is 0 Å². The zero-order valence-electron chi connectivity index (χ0n) is 8.21. The summed E-state index contributed by atoms with van der Waals surface area (Å²) in [5.41, 5.74) is 7.94. The maximum Gasteiger partial charge on any atom is 0.262 e. The van der Waals surface area contributed by atoms with Gasteiger partial charge in [-0.25, -0.2) is 4.98 Å². The lowest BCUT2D eigenvalue weighted by atomic mass is 10.3. The van der Waals surface area contributed by atoms with Gasteiger partial charge < -0.3 is 10.2 Å². The minimum Gasteiger partial charge on any atom is -0.431 e. The molecule has 0 atom stereocenters. The van der Waals surface area contributed by atoms with Crippen molar-refractivity contribution < 1.29 is 4.42 Å². The number of anilines is 1. The minimum atomic E-state index is 0.635. The maximum absolute atomic E-state index is 5.81. The lowest BCUT2D eigenvalue weighted by Crippen LogP contribution is -1.84. The van der Waals surface area contributed by atoms with Crippen molar-refractivity contribution in [3.8, 4) is 0 Å². The van der Waals surface area contributed by atoms with Crippen LogP contribution in [-0.4, -0.2) is 4.98 Å². The van der Waals surface area contributed by atoms with E-state index in [1.165, 1.54) is 11.8 Å². The summed E-state index contributed by atoms with van der Waals surface area (Å²) in [7, 11) is 0. The highest BCUT2D eigenvalue weighted by Gasteiger charge is 2.09. The third-order valence-electron chi connectivity index (χ3n) is 2.11. The van der Waals surface area contributed by atoms with Crippen LogP contribution in [0.5, 0.6) is 0 Å². The van der Waals surface area contributed by atoms with Crippen molar-refractivity contribution in [3.63, 3.8) is 0 Å². The molecular weight excluding hydrogens is 240 g/mol. The molecule has 0 amide bonds. The Hall–Kier alpha value is -1.46. The lowest BCUT2D eigenvalue weighted by molar-refractivity contribution is 0.490. The Morgan fingerprint density at radius 3 is 2.94 bits per heavy atom. The molecule has 0 spiro atoms. The molecule has 0 aliphatic carbocycles. The average Bonchev–Trinajstić information content (AvgIpc) is 2.88. The normalized spacial score (nSPS) is 11.0. The van der Waals surface area contributed by atoms with E-state index >= 15 is 0 Å². The first-order valence-corrected chi connectivity index (χ1v) is 6.39. The molecule has 80 valence electrons. The number of rotatable bonds is 2. The number of hydrogen-bond acceptors (Lipinski definition) is 5. The molecule has 2 N–H and O–H groups in total. The highest BCUT2D eigenvalue weighted by Crippen LogP contribution is 2.33. The van der Waals surface area contributed by atoms with Crippen LogP contribution in [0.4, 0.5) is 5.69 Å². The Labute approximate surface area is 100 Å². The van der Waals surface area contributed by atoms with Crippen molar-refractivity contribution in [3.05, 3.63) is 35.7 Å². The molecule has 1 aromatic carbocycles. The molecule has 3 aromatic rings. The maximum atomic E-state index is 5.81. The number of benzene rings is 1. The molecular formula is C11H8N2OS2. The molecule has 0 saturated carbocycles. The van der Waals surface area contributed by atoms with Crippen molar-refractivity contribution >= 4 is 39.9 Å². The van der Waals surface area contributed by atoms with Crippen LogP contribution >= 0.6 is 23.1 Å². The van der Waals surface area contributed by atoms with Crippen LogP contribution < -0.4 is 5.73 Å². The van der Waals surface area contributed by atoms with Crippen molar-refractivity contribution in [1.82, 2.24) is 4.98 Å². The van der Waals surface area contributed by atoms with Gasteiger partial charge in [0, 0.05) is 0 Å². The highest BCUT2D eigenvalue weighted by molar-refractivity contribution is 8.00. The van der Waals surface area contributed by atoms with Crippen molar-refractivity contribution in [2.45, 2.75) is 9.43 Å². The largest absolute Gasteiger partial charge is 0.431 e. The summed E-state index contributed by atoms with van der Waals surface area (Å²) in [4.78, 5) is 4.37. The number of para-hydroxylation sites is 1. The molecule has 3 nitrogen and oxygen atoms in total.